The lowest BCUT2D eigenvalue weighted by atomic mass is 10.1. The predicted molar refractivity (Wildman–Crippen MR) is 121 cm³/mol. The first kappa shape index (κ1) is 20.7. The smallest absolute Gasteiger partial charge is 0.273 e. The van der Waals surface area contributed by atoms with E-state index in [1.807, 2.05) is 18.5 Å². The maximum Gasteiger partial charge on any atom is 0.273 e. The highest BCUT2D eigenvalue weighted by molar-refractivity contribution is 6.31. The van der Waals surface area contributed by atoms with Gasteiger partial charge in [0.15, 0.2) is 5.82 Å². The van der Waals surface area contributed by atoms with E-state index in [1.54, 1.807) is 54.5 Å². The van der Waals surface area contributed by atoms with Crippen LogP contribution < -0.4 is 5.73 Å². The molecule has 1 amide bonds. The van der Waals surface area contributed by atoms with Gasteiger partial charge in [-0.1, -0.05) is 17.7 Å². The summed E-state index contributed by atoms with van der Waals surface area (Å²) in [7, 11) is 1.74. The third kappa shape index (κ3) is 4.06. The number of anilines is 1. The fourth-order valence-electron chi connectivity index (χ4n) is 3.42. The van der Waals surface area contributed by atoms with Crippen molar-refractivity contribution in [2.24, 2.45) is 0 Å². The number of aryl methyl sites for hydroxylation is 1. The minimum Gasteiger partial charge on any atom is -0.384 e. The zero-order valence-electron chi connectivity index (χ0n) is 17.5. The van der Waals surface area contributed by atoms with Crippen LogP contribution in [0.3, 0.4) is 0 Å². The molecule has 3 heterocycles. The summed E-state index contributed by atoms with van der Waals surface area (Å²) in [5.41, 5.74) is 9.18. The van der Waals surface area contributed by atoms with Crippen LogP contribution in [0.5, 0.6) is 0 Å². The van der Waals surface area contributed by atoms with E-state index in [-0.39, 0.29) is 11.6 Å². The molecule has 9 heteroatoms. The van der Waals surface area contributed by atoms with Crippen molar-refractivity contribution >= 4 is 34.2 Å². The number of nitrogens with zero attached hydrogens (tertiary/aromatic N) is 6. The van der Waals surface area contributed by atoms with Crippen LogP contribution in [0.2, 0.25) is 5.02 Å². The van der Waals surface area contributed by atoms with E-state index in [4.69, 9.17) is 17.3 Å². The zero-order valence-corrected chi connectivity index (χ0v) is 18.3. The van der Waals surface area contributed by atoms with Crippen molar-refractivity contribution in [1.29, 1.82) is 0 Å². The van der Waals surface area contributed by atoms with Gasteiger partial charge < -0.3 is 10.6 Å². The highest BCUT2D eigenvalue weighted by Gasteiger charge is 2.21. The standard InChI is InChI=1S/C22H22ClN7O/c1-4-30-13(2)14(11-25-30)12-29(3)22(31)20-16-10-15(23)8-9-17(16)27-21(28-20)18-6-5-7-19(24)26-18/h5-11H,4,12H2,1-3H3,(H2,24,26). The molecule has 0 saturated carbocycles. The second kappa shape index (κ2) is 8.31. The number of hydrogen-bond acceptors (Lipinski definition) is 6. The van der Waals surface area contributed by atoms with Crippen molar-refractivity contribution in [3.8, 4) is 11.5 Å². The van der Waals surface area contributed by atoms with Crippen molar-refractivity contribution < 1.29 is 4.79 Å². The van der Waals surface area contributed by atoms with Crippen molar-refractivity contribution in [2.75, 3.05) is 12.8 Å². The van der Waals surface area contributed by atoms with E-state index in [0.29, 0.717) is 39.8 Å². The number of nitrogens with two attached hydrogens (primary N) is 1. The Morgan fingerprint density at radius 1 is 1.19 bits per heavy atom. The van der Waals surface area contributed by atoms with Crippen molar-refractivity contribution in [3.05, 3.63) is 64.6 Å². The molecule has 8 nitrogen and oxygen atoms in total. The fourth-order valence-corrected chi connectivity index (χ4v) is 3.59. The number of rotatable bonds is 5. The normalized spacial score (nSPS) is 11.1. The summed E-state index contributed by atoms with van der Waals surface area (Å²) in [6.07, 6.45) is 1.79. The van der Waals surface area contributed by atoms with Crippen molar-refractivity contribution in [2.45, 2.75) is 26.9 Å². The predicted octanol–water partition coefficient (Wildman–Crippen LogP) is 3.72. The van der Waals surface area contributed by atoms with Gasteiger partial charge in [-0.3, -0.25) is 9.48 Å². The number of hydrogen-bond donors (Lipinski definition) is 1. The molecule has 1 aromatic carbocycles. The van der Waals surface area contributed by atoms with Gasteiger partial charge in [-0.05, 0) is 44.2 Å². The lowest BCUT2D eigenvalue weighted by Crippen LogP contribution is -2.28. The molecule has 0 aliphatic rings. The van der Waals surface area contributed by atoms with Crippen molar-refractivity contribution in [1.82, 2.24) is 29.6 Å². The number of benzene rings is 1. The van der Waals surface area contributed by atoms with Gasteiger partial charge in [0.05, 0.1) is 11.7 Å². The fraction of sp³-hybridized carbons (Fsp3) is 0.227. The summed E-state index contributed by atoms with van der Waals surface area (Å²) in [5, 5.41) is 5.44. The molecule has 0 aliphatic heterocycles. The van der Waals surface area contributed by atoms with E-state index in [9.17, 15) is 4.79 Å². The average molecular weight is 436 g/mol. The Morgan fingerprint density at radius 2 is 2.00 bits per heavy atom. The maximum absolute atomic E-state index is 13.4. The monoisotopic (exact) mass is 435 g/mol. The topological polar surface area (TPSA) is 103 Å². The highest BCUT2D eigenvalue weighted by atomic mass is 35.5. The van der Waals surface area contributed by atoms with E-state index in [2.05, 4.69) is 20.1 Å². The van der Waals surface area contributed by atoms with Gasteiger partial charge in [-0.25, -0.2) is 15.0 Å². The van der Waals surface area contributed by atoms with E-state index < -0.39 is 0 Å². The van der Waals surface area contributed by atoms with Gasteiger partial charge in [0.1, 0.15) is 17.2 Å². The first-order chi connectivity index (χ1) is 14.9. The lowest BCUT2D eigenvalue weighted by Gasteiger charge is -2.18. The Labute approximate surface area is 184 Å². The molecule has 0 unspecified atom stereocenters. The number of nitrogen functional groups attached to an aromatic ring is 1. The average Bonchev–Trinajstić information content (AvgIpc) is 3.11. The van der Waals surface area contributed by atoms with Crippen LogP contribution in [0.25, 0.3) is 22.4 Å². The van der Waals surface area contributed by atoms with Crippen LogP contribution in [-0.2, 0) is 13.1 Å². The lowest BCUT2D eigenvalue weighted by molar-refractivity contribution is 0.0781. The molecule has 0 bridgehead atoms. The molecule has 0 atom stereocenters. The molecule has 4 aromatic rings. The van der Waals surface area contributed by atoms with Crippen LogP contribution in [-0.4, -0.2) is 42.6 Å². The van der Waals surface area contributed by atoms with Crippen LogP contribution in [0.1, 0.15) is 28.7 Å². The Balaban J connectivity index is 1.77. The van der Waals surface area contributed by atoms with Gasteiger partial charge in [0, 0.05) is 41.8 Å². The van der Waals surface area contributed by atoms with Crippen LogP contribution in [0.15, 0.2) is 42.6 Å². The molecule has 0 radical (unpaired) electrons. The molecule has 3 aromatic heterocycles. The van der Waals surface area contributed by atoms with Gasteiger partial charge in [-0.15, -0.1) is 0 Å². The highest BCUT2D eigenvalue weighted by Crippen LogP contribution is 2.25. The summed E-state index contributed by atoms with van der Waals surface area (Å²) in [5.74, 6) is 0.433. The zero-order chi connectivity index (χ0) is 22.1. The number of carbonyl (C=O) groups is 1. The van der Waals surface area contributed by atoms with Gasteiger partial charge in [-0.2, -0.15) is 5.10 Å². The molecule has 0 spiro atoms. The molecule has 4 rings (SSSR count). The summed E-state index contributed by atoms with van der Waals surface area (Å²) in [6, 6.07) is 10.4. The summed E-state index contributed by atoms with van der Waals surface area (Å²) < 4.78 is 1.90. The Hall–Kier alpha value is -3.52. The number of aromatic nitrogens is 5. The Kier molecular flexibility index (Phi) is 5.56. The van der Waals surface area contributed by atoms with Gasteiger partial charge >= 0.3 is 0 Å². The molecular formula is C22H22ClN7O. The van der Waals surface area contributed by atoms with Gasteiger partial charge in [0.2, 0.25) is 0 Å². The minimum absolute atomic E-state index is 0.247. The second-order valence-electron chi connectivity index (χ2n) is 7.24. The molecule has 0 aliphatic carbocycles. The summed E-state index contributed by atoms with van der Waals surface area (Å²) >= 11 is 6.20. The van der Waals surface area contributed by atoms with E-state index >= 15 is 0 Å². The largest absolute Gasteiger partial charge is 0.384 e. The number of carbonyl (C=O) groups excluding carboxylic acids is 1. The maximum atomic E-state index is 13.4. The Bertz CT molecular complexity index is 1280. The number of amides is 1. The third-order valence-electron chi connectivity index (χ3n) is 5.12. The van der Waals surface area contributed by atoms with Crippen LogP contribution in [0.4, 0.5) is 5.82 Å². The second-order valence-corrected chi connectivity index (χ2v) is 7.67. The molecule has 2 N–H and O–H groups in total. The van der Waals surface area contributed by atoms with Crippen molar-refractivity contribution in [3.63, 3.8) is 0 Å². The van der Waals surface area contributed by atoms with Crippen LogP contribution in [0, 0.1) is 6.92 Å². The van der Waals surface area contributed by atoms with Crippen LogP contribution >= 0.6 is 11.6 Å². The number of halogens is 1. The molecular weight excluding hydrogens is 414 g/mol. The Morgan fingerprint density at radius 3 is 2.71 bits per heavy atom. The molecule has 31 heavy (non-hydrogen) atoms. The minimum atomic E-state index is -0.247. The third-order valence-corrected chi connectivity index (χ3v) is 5.35. The first-order valence-electron chi connectivity index (χ1n) is 9.84. The molecule has 0 fully saturated rings. The quantitative estimate of drug-likeness (QED) is 0.512. The number of pyridine rings is 1. The summed E-state index contributed by atoms with van der Waals surface area (Å²) in [6.45, 7) is 5.20. The molecule has 0 saturated heterocycles. The van der Waals surface area contributed by atoms with E-state index in [0.717, 1.165) is 17.8 Å². The molecule has 158 valence electrons. The SMILES string of the molecule is CCn1ncc(CN(C)C(=O)c2nc(-c3cccc(N)n3)nc3ccc(Cl)cc23)c1C. The summed E-state index contributed by atoms with van der Waals surface area (Å²) in [4.78, 5) is 28.5. The van der Waals surface area contributed by atoms with E-state index in [1.165, 1.54) is 0 Å². The van der Waals surface area contributed by atoms with Gasteiger partial charge in [0.25, 0.3) is 5.91 Å². The number of fused-ring (bicyclic) bond motifs is 1. The first-order valence-corrected chi connectivity index (χ1v) is 10.2.